The van der Waals surface area contributed by atoms with E-state index in [9.17, 15) is 9.59 Å². The molecule has 0 unspecified atom stereocenters. The van der Waals surface area contributed by atoms with Crippen molar-refractivity contribution in [2.75, 3.05) is 6.61 Å². The third kappa shape index (κ3) is 4.83. The molecule has 4 aromatic rings. The van der Waals surface area contributed by atoms with Gasteiger partial charge in [-0.1, -0.05) is 30.3 Å². The highest BCUT2D eigenvalue weighted by molar-refractivity contribution is 5.75. The molecule has 7 nitrogen and oxygen atoms in total. The number of rotatable bonds is 8. The number of aromatic nitrogens is 3. The maximum atomic E-state index is 12.9. The highest BCUT2D eigenvalue weighted by Gasteiger charge is 2.10. The van der Waals surface area contributed by atoms with Gasteiger partial charge in [0.1, 0.15) is 11.3 Å². The van der Waals surface area contributed by atoms with Crippen LogP contribution >= 0.6 is 0 Å². The van der Waals surface area contributed by atoms with Crippen molar-refractivity contribution in [3.05, 3.63) is 89.0 Å². The molecule has 0 atom stereocenters. The van der Waals surface area contributed by atoms with Gasteiger partial charge in [-0.15, -0.1) is 0 Å². The molecule has 0 radical (unpaired) electrons. The number of hydrogen-bond acceptors (Lipinski definition) is 4. The predicted octanol–water partition coefficient (Wildman–Crippen LogP) is 3.27. The van der Waals surface area contributed by atoms with Crippen molar-refractivity contribution in [3.8, 4) is 17.0 Å². The van der Waals surface area contributed by atoms with E-state index in [0.717, 1.165) is 16.9 Å². The second-order valence-electron chi connectivity index (χ2n) is 7.13. The number of carbonyl (C=O) groups is 1. The van der Waals surface area contributed by atoms with E-state index in [1.807, 2.05) is 61.5 Å². The fraction of sp³-hybridized carbons (Fsp3) is 0.208. The summed E-state index contributed by atoms with van der Waals surface area (Å²) < 4.78 is 8.58. The maximum absolute atomic E-state index is 12.9. The molecular formula is C24H24N4O3. The summed E-state index contributed by atoms with van der Waals surface area (Å²) in [7, 11) is 0. The first-order chi connectivity index (χ1) is 15.1. The van der Waals surface area contributed by atoms with Crippen molar-refractivity contribution in [1.82, 2.24) is 19.5 Å². The zero-order valence-electron chi connectivity index (χ0n) is 17.3. The molecule has 7 heteroatoms. The monoisotopic (exact) mass is 416 g/mol. The Balaban J connectivity index is 1.44. The lowest BCUT2D eigenvalue weighted by Gasteiger charge is -2.07. The number of amides is 1. The second kappa shape index (κ2) is 9.30. The van der Waals surface area contributed by atoms with Gasteiger partial charge in [0.05, 0.1) is 12.3 Å². The highest BCUT2D eigenvalue weighted by atomic mass is 16.5. The van der Waals surface area contributed by atoms with E-state index in [-0.39, 0.29) is 17.9 Å². The Morgan fingerprint density at radius 3 is 2.58 bits per heavy atom. The van der Waals surface area contributed by atoms with Crippen LogP contribution in [0.4, 0.5) is 0 Å². The zero-order valence-corrected chi connectivity index (χ0v) is 17.3. The normalized spacial score (nSPS) is 10.9. The molecule has 0 fully saturated rings. The lowest BCUT2D eigenvalue weighted by molar-refractivity contribution is -0.121. The lowest BCUT2D eigenvalue weighted by Crippen LogP contribution is -2.27. The number of aryl methyl sites for hydroxylation is 1. The molecule has 2 aromatic carbocycles. The molecule has 0 saturated heterocycles. The van der Waals surface area contributed by atoms with E-state index in [1.54, 1.807) is 27.5 Å². The number of benzene rings is 2. The van der Waals surface area contributed by atoms with Crippen molar-refractivity contribution >= 4 is 11.4 Å². The van der Waals surface area contributed by atoms with Crippen LogP contribution < -0.4 is 15.6 Å². The lowest BCUT2D eigenvalue weighted by atomic mass is 10.1. The van der Waals surface area contributed by atoms with Gasteiger partial charge in [-0.2, -0.15) is 5.10 Å². The number of carbonyl (C=O) groups excluding carboxylic acids is 1. The van der Waals surface area contributed by atoms with Crippen LogP contribution in [0.1, 0.15) is 18.9 Å². The van der Waals surface area contributed by atoms with Gasteiger partial charge in [0.15, 0.2) is 0 Å². The first-order valence-corrected chi connectivity index (χ1v) is 10.3. The van der Waals surface area contributed by atoms with Gasteiger partial charge in [0, 0.05) is 37.5 Å². The Morgan fingerprint density at radius 2 is 1.84 bits per heavy atom. The van der Waals surface area contributed by atoms with Gasteiger partial charge >= 0.3 is 0 Å². The minimum Gasteiger partial charge on any atom is -0.494 e. The third-order valence-electron chi connectivity index (χ3n) is 4.98. The van der Waals surface area contributed by atoms with E-state index in [2.05, 4.69) is 10.4 Å². The molecule has 2 heterocycles. The topological polar surface area (TPSA) is 77.6 Å². The minimum atomic E-state index is -0.178. The van der Waals surface area contributed by atoms with E-state index in [4.69, 9.17) is 4.74 Å². The summed E-state index contributed by atoms with van der Waals surface area (Å²) in [5.41, 5.74) is 2.94. The molecule has 0 spiro atoms. The Labute approximate surface area is 179 Å². The second-order valence-corrected chi connectivity index (χ2v) is 7.13. The van der Waals surface area contributed by atoms with Crippen LogP contribution in [0.5, 0.6) is 5.75 Å². The van der Waals surface area contributed by atoms with E-state index < -0.39 is 0 Å². The number of ether oxygens (including phenoxy) is 1. The summed E-state index contributed by atoms with van der Waals surface area (Å²) in [6.45, 7) is 3.33. The fourth-order valence-electron chi connectivity index (χ4n) is 3.34. The number of hydrogen-bond donors (Lipinski definition) is 1. The van der Waals surface area contributed by atoms with Crippen LogP contribution in [0.3, 0.4) is 0 Å². The molecule has 2 aromatic heterocycles. The first kappa shape index (κ1) is 20.4. The van der Waals surface area contributed by atoms with Crippen molar-refractivity contribution < 1.29 is 9.53 Å². The summed E-state index contributed by atoms with van der Waals surface area (Å²) in [5, 5.41) is 7.38. The quantitative estimate of drug-likeness (QED) is 0.478. The Hall–Kier alpha value is -3.87. The van der Waals surface area contributed by atoms with Crippen molar-refractivity contribution in [1.29, 1.82) is 0 Å². The van der Waals surface area contributed by atoms with Gasteiger partial charge < -0.3 is 14.6 Å². The van der Waals surface area contributed by atoms with Crippen LogP contribution in [0, 0.1) is 0 Å². The standard InChI is InChI=1S/C24H24N4O3/c1-2-31-20-10-8-19(9-11-20)21-16-22-24(30)27(14-15-28(22)26-21)13-12-23(29)25-17-18-6-4-3-5-7-18/h3-11,14-16H,2,12-13,17H2,1H3,(H,25,29). The number of fused-ring (bicyclic) bond motifs is 1. The number of nitrogens with one attached hydrogen (secondary N) is 1. The van der Waals surface area contributed by atoms with E-state index in [0.29, 0.717) is 30.9 Å². The summed E-state index contributed by atoms with van der Waals surface area (Å²) >= 11 is 0. The molecule has 158 valence electrons. The molecule has 0 aliphatic carbocycles. The van der Waals surface area contributed by atoms with Crippen LogP contribution in [0.15, 0.2) is 77.9 Å². The Kier molecular flexibility index (Phi) is 6.12. The summed E-state index contributed by atoms with van der Waals surface area (Å²) in [4.78, 5) is 25.0. The SMILES string of the molecule is CCOc1ccc(-c2cc3c(=O)n(CCC(=O)NCc4ccccc4)ccn3n2)cc1. The molecular weight excluding hydrogens is 392 g/mol. The molecule has 4 rings (SSSR count). The fourth-order valence-corrected chi connectivity index (χ4v) is 3.34. The van der Waals surface area contributed by atoms with Gasteiger partial charge in [-0.05, 0) is 42.8 Å². The molecule has 0 aliphatic heterocycles. The van der Waals surface area contributed by atoms with Crippen LogP contribution in [0.25, 0.3) is 16.8 Å². The van der Waals surface area contributed by atoms with Crippen LogP contribution in [-0.2, 0) is 17.9 Å². The third-order valence-corrected chi connectivity index (χ3v) is 4.98. The predicted molar refractivity (Wildman–Crippen MR) is 119 cm³/mol. The summed E-state index contributed by atoms with van der Waals surface area (Å²) in [6.07, 6.45) is 3.62. The smallest absolute Gasteiger partial charge is 0.276 e. The minimum absolute atomic E-state index is 0.0980. The first-order valence-electron chi connectivity index (χ1n) is 10.3. The average molecular weight is 416 g/mol. The molecule has 31 heavy (non-hydrogen) atoms. The Bertz CT molecular complexity index is 1230. The van der Waals surface area contributed by atoms with Gasteiger partial charge in [-0.3, -0.25) is 9.59 Å². The van der Waals surface area contributed by atoms with Crippen LogP contribution in [0.2, 0.25) is 0 Å². The Morgan fingerprint density at radius 1 is 1.06 bits per heavy atom. The van der Waals surface area contributed by atoms with E-state index >= 15 is 0 Å². The molecule has 0 aliphatic rings. The summed E-state index contributed by atoms with van der Waals surface area (Å²) in [6, 6.07) is 19.1. The average Bonchev–Trinajstić information content (AvgIpc) is 3.24. The maximum Gasteiger partial charge on any atom is 0.276 e. The highest BCUT2D eigenvalue weighted by Crippen LogP contribution is 2.21. The van der Waals surface area contributed by atoms with Crippen molar-refractivity contribution in [3.63, 3.8) is 0 Å². The molecule has 0 saturated carbocycles. The molecule has 1 amide bonds. The van der Waals surface area contributed by atoms with Gasteiger partial charge in [-0.25, -0.2) is 4.52 Å². The van der Waals surface area contributed by atoms with E-state index in [1.165, 1.54) is 0 Å². The van der Waals surface area contributed by atoms with Gasteiger partial charge in [0.25, 0.3) is 5.56 Å². The largest absolute Gasteiger partial charge is 0.494 e. The van der Waals surface area contributed by atoms with Crippen LogP contribution in [-0.4, -0.2) is 26.7 Å². The number of nitrogens with zero attached hydrogens (tertiary/aromatic N) is 3. The zero-order chi connectivity index (χ0) is 21.6. The molecule has 0 bridgehead atoms. The van der Waals surface area contributed by atoms with Crippen molar-refractivity contribution in [2.45, 2.75) is 26.4 Å². The van der Waals surface area contributed by atoms with Crippen molar-refractivity contribution in [2.24, 2.45) is 0 Å². The molecule has 1 N–H and O–H groups in total. The van der Waals surface area contributed by atoms with Gasteiger partial charge in [0.2, 0.25) is 5.91 Å². The summed E-state index contributed by atoms with van der Waals surface area (Å²) in [5.74, 6) is 0.696.